The standard InChI is InChI=1S/C16H24N4O2/c1-11(21)20-8-4-5-12(10-20)16(22)18-14-6-3-7-15-13(14)9-17-19(15)2/h9,12,14H,3-8,10H2,1-2H3,(H,18,22)/t12-,14-/m1/s1. The summed E-state index contributed by atoms with van der Waals surface area (Å²) in [6.45, 7) is 2.90. The summed E-state index contributed by atoms with van der Waals surface area (Å²) in [6, 6.07) is 0.0673. The van der Waals surface area contributed by atoms with Gasteiger partial charge in [-0.25, -0.2) is 0 Å². The molecule has 22 heavy (non-hydrogen) atoms. The van der Waals surface area contributed by atoms with Crippen molar-refractivity contribution >= 4 is 11.8 Å². The summed E-state index contributed by atoms with van der Waals surface area (Å²) in [5.74, 6) is 0.0528. The second-order valence-electron chi connectivity index (χ2n) is 6.43. The highest BCUT2D eigenvalue weighted by atomic mass is 16.2. The van der Waals surface area contributed by atoms with Crippen LogP contribution in [0.3, 0.4) is 0 Å². The number of carbonyl (C=O) groups is 2. The Bertz CT molecular complexity index is 581. The lowest BCUT2D eigenvalue weighted by Crippen LogP contribution is -2.45. The number of piperidine rings is 1. The molecule has 0 spiro atoms. The van der Waals surface area contributed by atoms with Crippen molar-refractivity contribution in [3.8, 4) is 0 Å². The Hall–Kier alpha value is -1.85. The largest absolute Gasteiger partial charge is 0.349 e. The highest BCUT2D eigenvalue weighted by molar-refractivity contribution is 5.81. The molecule has 1 fully saturated rings. The van der Waals surface area contributed by atoms with Crippen molar-refractivity contribution in [2.45, 2.75) is 45.1 Å². The van der Waals surface area contributed by atoms with Gasteiger partial charge in [-0.2, -0.15) is 5.10 Å². The third-order valence-electron chi connectivity index (χ3n) is 4.93. The highest BCUT2D eigenvalue weighted by Crippen LogP contribution is 2.30. The van der Waals surface area contributed by atoms with Crippen LogP contribution in [0, 0.1) is 5.92 Å². The van der Waals surface area contributed by atoms with Crippen LogP contribution in [0.4, 0.5) is 0 Å². The maximum Gasteiger partial charge on any atom is 0.225 e. The van der Waals surface area contributed by atoms with E-state index >= 15 is 0 Å². The molecule has 3 rings (SSSR count). The van der Waals surface area contributed by atoms with E-state index in [-0.39, 0.29) is 23.8 Å². The summed E-state index contributed by atoms with van der Waals surface area (Å²) in [5.41, 5.74) is 2.38. The fourth-order valence-electron chi connectivity index (χ4n) is 3.62. The molecule has 1 aromatic rings. The molecule has 6 heteroatoms. The molecule has 1 aromatic heterocycles. The number of amides is 2. The molecular weight excluding hydrogens is 280 g/mol. The monoisotopic (exact) mass is 304 g/mol. The predicted molar refractivity (Wildman–Crippen MR) is 82.0 cm³/mol. The molecule has 1 N–H and O–H groups in total. The van der Waals surface area contributed by atoms with Crippen LogP contribution in [0.25, 0.3) is 0 Å². The van der Waals surface area contributed by atoms with Gasteiger partial charge in [0.1, 0.15) is 0 Å². The summed E-state index contributed by atoms with van der Waals surface area (Å²) in [5, 5.41) is 7.50. The smallest absolute Gasteiger partial charge is 0.225 e. The van der Waals surface area contributed by atoms with E-state index in [9.17, 15) is 9.59 Å². The fourth-order valence-corrected chi connectivity index (χ4v) is 3.62. The Labute approximate surface area is 130 Å². The van der Waals surface area contributed by atoms with Crippen LogP contribution in [-0.4, -0.2) is 39.6 Å². The molecule has 2 heterocycles. The minimum atomic E-state index is -0.0836. The van der Waals surface area contributed by atoms with Crippen LogP contribution in [0.1, 0.15) is 49.9 Å². The van der Waals surface area contributed by atoms with Gasteiger partial charge >= 0.3 is 0 Å². The molecule has 2 aliphatic rings. The average molecular weight is 304 g/mol. The van der Waals surface area contributed by atoms with Gasteiger partial charge in [-0.15, -0.1) is 0 Å². The zero-order valence-electron chi connectivity index (χ0n) is 13.3. The van der Waals surface area contributed by atoms with Crippen molar-refractivity contribution in [3.63, 3.8) is 0 Å². The van der Waals surface area contributed by atoms with Crippen LogP contribution in [0.5, 0.6) is 0 Å². The lowest BCUT2D eigenvalue weighted by molar-refractivity contribution is -0.134. The highest BCUT2D eigenvalue weighted by Gasteiger charge is 2.30. The van der Waals surface area contributed by atoms with Crippen LogP contribution < -0.4 is 5.32 Å². The number of hydrogen-bond donors (Lipinski definition) is 1. The Balaban J connectivity index is 1.66. The molecule has 1 aliphatic carbocycles. The zero-order chi connectivity index (χ0) is 15.7. The van der Waals surface area contributed by atoms with Gasteiger partial charge < -0.3 is 10.2 Å². The van der Waals surface area contributed by atoms with Gasteiger partial charge in [0.15, 0.2) is 0 Å². The van der Waals surface area contributed by atoms with E-state index in [0.717, 1.165) is 44.2 Å². The van der Waals surface area contributed by atoms with Gasteiger partial charge in [0.2, 0.25) is 11.8 Å². The first-order valence-corrected chi connectivity index (χ1v) is 8.13. The number of aromatic nitrogens is 2. The number of fused-ring (bicyclic) bond motifs is 1. The van der Waals surface area contributed by atoms with Crippen molar-refractivity contribution in [3.05, 3.63) is 17.5 Å². The molecule has 1 saturated heterocycles. The van der Waals surface area contributed by atoms with E-state index in [4.69, 9.17) is 0 Å². The van der Waals surface area contributed by atoms with E-state index in [1.54, 1.807) is 11.8 Å². The fraction of sp³-hybridized carbons (Fsp3) is 0.688. The Morgan fingerprint density at radius 3 is 2.91 bits per heavy atom. The lowest BCUT2D eigenvalue weighted by atomic mass is 9.91. The maximum absolute atomic E-state index is 12.6. The summed E-state index contributed by atoms with van der Waals surface area (Å²) in [7, 11) is 1.95. The summed E-state index contributed by atoms with van der Waals surface area (Å²) >= 11 is 0. The quantitative estimate of drug-likeness (QED) is 0.892. The molecule has 0 saturated carbocycles. The van der Waals surface area contributed by atoms with Gasteiger partial charge in [-0.05, 0) is 32.1 Å². The SMILES string of the molecule is CC(=O)N1CCC[C@@H](C(=O)N[C@@H]2CCCc3c2cnn3C)C1. The summed E-state index contributed by atoms with van der Waals surface area (Å²) < 4.78 is 1.91. The van der Waals surface area contributed by atoms with E-state index in [1.165, 1.54) is 5.69 Å². The van der Waals surface area contributed by atoms with Crippen molar-refractivity contribution in [2.75, 3.05) is 13.1 Å². The topological polar surface area (TPSA) is 67.2 Å². The molecule has 120 valence electrons. The zero-order valence-corrected chi connectivity index (χ0v) is 13.3. The van der Waals surface area contributed by atoms with Crippen LogP contribution in [-0.2, 0) is 23.1 Å². The molecule has 0 unspecified atom stereocenters. The van der Waals surface area contributed by atoms with E-state index in [1.807, 2.05) is 17.9 Å². The second-order valence-corrected chi connectivity index (χ2v) is 6.43. The van der Waals surface area contributed by atoms with Gasteiger partial charge in [0.25, 0.3) is 0 Å². The number of rotatable bonds is 2. The van der Waals surface area contributed by atoms with Crippen LogP contribution in [0.15, 0.2) is 6.20 Å². The van der Waals surface area contributed by atoms with Gasteiger partial charge in [0.05, 0.1) is 18.2 Å². The average Bonchev–Trinajstić information content (AvgIpc) is 2.90. The Kier molecular flexibility index (Phi) is 4.18. The van der Waals surface area contributed by atoms with E-state index < -0.39 is 0 Å². The molecule has 2 atom stereocenters. The lowest BCUT2D eigenvalue weighted by Gasteiger charge is -2.33. The summed E-state index contributed by atoms with van der Waals surface area (Å²) in [6.07, 6.45) is 6.71. The number of aryl methyl sites for hydroxylation is 1. The van der Waals surface area contributed by atoms with Crippen molar-refractivity contribution < 1.29 is 9.59 Å². The molecule has 0 aromatic carbocycles. The van der Waals surface area contributed by atoms with E-state index in [0.29, 0.717) is 6.54 Å². The minimum Gasteiger partial charge on any atom is -0.349 e. The molecular formula is C16H24N4O2. The first-order valence-electron chi connectivity index (χ1n) is 8.13. The predicted octanol–water partition coefficient (Wildman–Crippen LogP) is 1.17. The number of hydrogen-bond acceptors (Lipinski definition) is 3. The molecule has 6 nitrogen and oxygen atoms in total. The number of nitrogens with one attached hydrogen (secondary N) is 1. The molecule has 1 aliphatic heterocycles. The normalized spacial score (nSPS) is 24.7. The first kappa shape index (κ1) is 15.1. The number of carbonyl (C=O) groups excluding carboxylic acids is 2. The molecule has 2 amide bonds. The summed E-state index contributed by atoms with van der Waals surface area (Å²) in [4.78, 5) is 25.9. The van der Waals surface area contributed by atoms with Gasteiger partial charge in [0, 0.05) is 38.3 Å². The maximum atomic E-state index is 12.6. The number of likely N-dealkylation sites (tertiary alicyclic amines) is 1. The van der Waals surface area contributed by atoms with Crippen molar-refractivity contribution in [1.29, 1.82) is 0 Å². The van der Waals surface area contributed by atoms with Crippen LogP contribution in [0.2, 0.25) is 0 Å². The van der Waals surface area contributed by atoms with Gasteiger partial charge in [-0.3, -0.25) is 14.3 Å². The third-order valence-corrected chi connectivity index (χ3v) is 4.93. The van der Waals surface area contributed by atoms with Crippen molar-refractivity contribution in [1.82, 2.24) is 20.0 Å². The Morgan fingerprint density at radius 2 is 2.14 bits per heavy atom. The van der Waals surface area contributed by atoms with Crippen molar-refractivity contribution in [2.24, 2.45) is 13.0 Å². The second kappa shape index (κ2) is 6.10. The van der Waals surface area contributed by atoms with Gasteiger partial charge in [-0.1, -0.05) is 0 Å². The Morgan fingerprint density at radius 1 is 1.32 bits per heavy atom. The van der Waals surface area contributed by atoms with E-state index in [2.05, 4.69) is 10.4 Å². The third kappa shape index (κ3) is 2.87. The first-order chi connectivity index (χ1) is 10.6. The molecule has 0 radical (unpaired) electrons. The van der Waals surface area contributed by atoms with Crippen LogP contribution >= 0.6 is 0 Å². The molecule has 0 bridgehead atoms. The minimum absolute atomic E-state index is 0.0599. The number of nitrogens with zero attached hydrogens (tertiary/aromatic N) is 3.